The maximum atomic E-state index is 9.49. The molecule has 0 bridgehead atoms. The topological polar surface area (TPSA) is 43.7 Å². The average Bonchev–Trinajstić information content (AvgIpc) is 2.11. The van der Waals surface area contributed by atoms with Crippen LogP contribution in [0, 0.1) is 0 Å². The third-order valence-corrected chi connectivity index (χ3v) is 2.90. The summed E-state index contributed by atoms with van der Waals surface area (Å²) >= 11 is 0. The number of hydrogen-bond donors (Lipinski definition) is 2. The number of aliphatic hydroxyl groups is 2. The molecule has 3 heteroatoms. The third-order valence-electron chi connectivity index (χ3n) is 2.90. The van der Waals surface area contributed by atoms with Crippen LogP contribution in [0.15, 0.2) is 0 Å². The Bertz CT molecular complexity index is 152. The van der Waals surface area contributed by atoms with Crippen LogP contribution in [0.25, 0.3) is 0 Å². The molecule has 1 saturated heterocycles. The SMILES string of the molecule is CC[C@@H](O)CN1C[C@H](O)CC[C@H]1C. The fraction of sp³-hybridized carbons (Fsp3) is 1.00. The Morgan fingerprint density at radius 1 is 1.46 bits per heavy atom. The minimum absolute atomic E-state index is 0.194. The largest absolute Gasteiger partial charge is 0.392 e. The Kier molecular flexibility index (Phi) is 4.16. The van der Waals surface area contributed by atoms with Crippen molar-refractivity contribution in [3.63, 3.8) is 0 Å². The molecular formula is C10H21NO2. The molecule has 0 aromatic carbocycles. The Labute approximate surface area is 80.4 Å². The lowest BCUT2D eigenvalue weighted by Gasteiger charge is -2.36. The second-order valence-electron chi connectivity index (χ2n) is 4.10. The van der Waals surface area contributed by atoms with Gasteiger partial charge in [-0.15, -0.1) is 0 Å². The van der Waals surface area contributed by atoms with Crippen LogP contribution in [0.5, 0.6) is 0 Å². The highest BCUT2D eigenvalue weighted by atomic mass is 16.3. The minimum Gasteiger partial charge on any atom is -0.392 e. The maximum absolute atomic E-state index is 9.49. The van der Waals surface area contributed by atoms with Crippen LogP contribution in [0.2, 0.25) is 0 Å². The Hall–Kier alpha value is -0.120. The van der Waals surface area contributed by atoms with Gasteiger partial charge in [0, 0.05) is 19.1 Å². The van der Waals surface area contributed by atoms with Gasteiger partial charge in [0.05, 0.1) is 12.2 Å². The van der Waals surface area contributed by atoms with E-state index < -0.39 is 0 Å². The van der Waals surface area contributed by atoms with Gasteiger partial charge in [-0.2, -0.15) is 0 Å². The van der Waals surface area contributed by atoms with E-state index in [0.717, 1.165) is 25.8 Å². The predicted molar refractivity (Wildman–Crippen MR) is 52.6 cm³/mol. The zero-order chi connectivity index (χ0) is 9.84. The van der Waals surface area contributed by atoms with Gasteiger partial charge in [0.15, 0.2) is 0 Å². The molecule has 3 atom stereocenters. The molecule has 13 heavy (non-hydrogen) atoms. The van der Waals surface area contributed by atoms with E-state index in [-0.39, 0.29) is 12.2 Å². The van der Waals surface area contributed by atoms with E-state index >= 15 is 0 Å². The molecule has 2 N–H and O–H groups in total. The predicted octanol–water partition coefficient (Wildman–Crippen LogP) is 0.602. The first kappa shape index (κ1) is 11.0. The summed E-state index contributed by atoms with van der Waals surface area (Å²) in [5.74, 6) is 0. The molecule has 0 aliphatic carbocycles. The van der Waals surface area contributed by atoms with Crippen molar-refractivity contribution in [2.75, 3.05) is 13.1 Å². The second-order valence-corrected chi connectivity index (χ2v) is 4.10. The number of hydrogen-bond acceptors (Lipinski definition) is 3. The van der Waals surface area contributed by atoms with Crippen molar-refractivity contribution in [3.8, 4) is 0 Å². The summed E-state index contributed by atoms with van der Waals surface area (Å²) in [4.78, 5) is 2.18. The summed E-state index contributed by atoms with van der Waals surface area (Å²) < 4.78 is 0. The van der Waals surface area contributed by atoms with E-state index in [1.807, 2.05) is 6.92 Å². The molecule has 3 nitrogen and oxygen atoms in total. The quantitative estimate of drug-likeness (QED) is 0.680. The zero-order valence-corrected chi connectivity index (χ0v) is 8.61. The number of aliphatic hydroxyl groups excluding tert-OH is 2. The van der Waals surface area contributed by atoms with Gasteiger partial charge < -0.3 is 10.2 Å². The molecule has 78 valence electrons. The molecule has 0 radical (unpaired) electrons. The highest BCUT2D eigenvalue weighted by Gasteiger charge is 2.24. The van der Waals surface area contributed by atoms with Gasteiger partial charge in [0.25, 0.3) is 0 Å². The molecule has 1 aliphatic rings. The smallest absolute Gasteiger partial charge is 0.0667 e. The van der Waals surface area contributed by atoms with E-state index in [4.69, 9.17) is 0 Å². The number of likely N-dealkylation sites (tertiary alicyclic amines) is 1. The molecule has 1 rings (SSSR count). The van der Waals surface area contributed by atoms with Gasteiger partial charge in [-0.3, -0.25) is 4.90 Å². The molecule has 0 spiro atoms. The maximum Gasteiger partial charge on any atom is 0.0667 e. The average molecular weight is 187 g/mol. The number of rotatable bonds is 3. The van der Waals surface area contributed by atoms with Gasteiger partial charge in [-0.1, -0.05) is 6.92 Å². The molecule has 0 aromatic heterocycles. The highest BCUT2D eigenvalue weighted by Crippen LogP contribution is 2.17. The molecule has 0 amide bonds. The van der Waals surface area contributed by atoms with Crippen LogP contribution < -0.4 is 0 Å². The van der Waals surface area contributed by atoms with Crippen LogP contribution >= 0.6 is 0 Å². The van der Waals surface area contributed by atoms with Crippen LogP contribution in [0.1, 0.15) is 33.1 Å². The van der Waals surface area contributed by atoms with Gasteiger partial charge in [0.2, 0.25) is 0 Å². The second kappa shape index (κ2) is 4.94. The van der Waals surface area contributed by atoms with Crippen LogP contribution in [0.4, 0.5) is 0 Å². The first-order chi connectivity index (χ1) is 6.13. The molecule has 1 heterocycles. The van der Waals surface area contributed by atoms with Crippen LogP contribution in [-0.4, -0.2) is 46.5 Å². The molecule has 0 unspecified atom stereocenters. The molecule has 1 aliphatic heterocycles. The fourth-order valence-electron chi connectivity index (χ4n) is 1.81. The summed E-state index contributed by atoms with van der Waals surface area (Å²) in [5, 5.41) is 19.0. The van der Waals surface area contributed by atoms with Gasteiger partial charge >= 0.3 is 0 Å². The molecule has 0 saturated carbocycles. The normalized spacial score (nSPS) is 33.2. The third kappa shape index (κ3) is 3.25. The molecule has 1 fully saturated rings. The van der Waals surface area contributed by atoms with Crippen molar-refractivity contribution in [2.45, 2.75) is 51.4 Å². The molecular weight excluding hydrogens is 166 g/mol. The Morgan fingerprint density at radius 2 is 2.15 bits per heavy atom. The van der Waals surface area contributed by atoms with Crippen molar-refractivity contribution in [2.24, 2.45) is 0 Å². The Morgan fingerprint density at radius 3 is 2.77 bits per heavy atom. The van der Waals surface area contributed by atoms with Gasteiger partial charge in [0.1, 0.15) is 0 Å². The number of piperidine rings is 1. The fourth-order valence-corrected chi connectivity index (χ4v) is 1.81. The van der Waals surface area contributed by atoms with E-state index in [0.29, 0.717) is 12.6 Å². The summed E-state index contributed by atoms with van der Waals surface area (Å²) in [5.41, 5.74) is 0. The summed E-state index contributed by atoms with van der Waals surface area (Å²) in [7, 11) is 0. The Balaban J connectivity index is 2.37. The zero-order valence-electron chi connectivity index (χ0n) is 8.61. The van der Waals surface area contributed by atoms with Crippen LogP contribution in [0.3, 0.4) is 0 Å². The monoisotopic (exact) mass is 187 g/mol. The lowest BCUT2D eigenvalue weighted by atomic mass is 10.0. The van der Waals surface area contributed by atoms with Crippen molar-refractivity contribution < 1.29 is 10.2 Å². The lowest BCUT2D eigenvalue weighted by molar-refractivity contribution is 0.0119. The minimum atomic E-state index is -0.243. The van der Waals surface area contributed by atoms with Crippen molar-refractivity contribution >= 4 is 0 Å². The standard InChI is InChI=1S/C10H21NO2/c1-3-9(12)6-11-7-10(13)5-4-8(11)2/h8-10,12-13H,3-7H2,1-2H3/t8-,9-,10-/m1/s1. The van der Waals surface area contributed by atoms with E-state index in [9.17, 15) is 10.2 Å². The van der Waals surface area contributed by atoms with Crippen molar-refractivity contribution in [3.05, 3.63) is 0 Å². The van der Waals surface area contributed by atoms with Gasteiger partial charge in [-0.25, -0.2) is 0 Å². The lowest BCUT2D eigenvalue weighted by Crippen LogP contribution is -2.47. The first-order valence-corrected chi connectivity index (χ1v) is 5.23. The molecule has 0 aromatic rings. The van der Waals surface area contributed by atoms with E-state index in [1.54, 1.807) is 0 Å². The summed E-state index contributed by atoms with van der Waals surface area (Å²) in [6.45, 7) is 5.57. The van der Waals surface area contributed by atoms with E-state index in [1.165, 1.54) is 0 Å². The van der Waals surface area contributed by atoms with Gasteiger partial charge in [-0.05, 0) is 26.2 Å². The number of β-amino-alcohol motifs (C(OH)–C–C–N with tert-alkyl or cyclic N) is 2. The van der Waals surface area contributed by atoms with E-state index in [2.05, 4.69) is 11.8 Å². The highest BCUT2D eigenvalue weighted by molar-refractivity contribution is 4.79. The number of nitrogens with zero attached hydrogens (tertiary/aromatic N) is 1. The summed E-state index contributed by atoms with van der Waals surface area (Å²) in [6, 6.07) is 0.504. The van der Waals surface area contributed by atoms with Crippen LogP contribution in [-0.2, 0) is 0 Å². The van der Waals surface area contributed by atoms with Crippen molar-refractivity contribution in [1.29, 1.82) is 0 Å². The summed E-state index contributed by atoms with van der Waals surface area (Å²) in [6.07, 6.45) is 2.30. The van der Waals surface area contributed by atoms with Crippen molar-refractivity contribution in [1.82, 2.24) is 4.90 Å². The first-order valence-electron chi connectivity index (χ1n) is 5.23.